The summed E-state index contributed by atoms with van der Waals surface area (Å²) < 4.78 is 1.17. The third-order valence-electron chi connectivity index (χ3n) is 3.45. The van der Waals surface area contributed by atoms with Gasteiger partial charge in [-0.1, -0.05) is 26.7 Å². The third-order valence-corrected chi connectivity index (χ3v) is 3.45. The summed E-state index contributed by atoms with van der Waals surface area (Å²) in [6.45, 7) is 8.42. The molecule has 2 nitrogen and oxygen atoms in total. The van der Waals surface area contributed by atoms with E-state index in [4.69, 9.17) is 0 Å². The number of quaternary nitrogens is 1. The highest BCUT2D eigenvalue weighted by molar-refractivity contribution is 4.57. The van der Waals surface area contributed by atoms with E-state index in [-0.39, 0.29) is 12.4 Å². The van der Waals surface area contributed by atoms with Gasteiger partial charge in [-0.05, 0) is 26.9 Å². The van der Waals surface area contributed by atoms with Crippen molar-refractivity contribution in [2.75, 3.05) is 47.8 Å². The summed E-state index contributed by atoms with van der Waals surface area (Å²) in [6.07, 6.45) is 5.48. The van der Waals surface area contributed by atoms with Crippen molar-refractivity contribution in [3.63, 3.8) is 0 Å². The normalized spacial score (nSPS) is 13.6. The van der Waals surface area contributed by atoms with E-state index < -0.39 is 0 Å². The molecule has 17 heavy (non-hydrogen) atoms. The van der Waals surface area contributed by atoms with Gasteiger partial charge in [0.05, 0.1) is 27.2 Å². The number of unbranched alkanes of at least 4 members (excludes halogenated alkanes) is 1. The molecule has 0 amide bonds. The van der Waals surface area contributed by atoms with E-state index in [0.717, 1.165) is 5.92 Å². The van der Waals surface area contributed by atoms with Gasteiger partial charge in [-0.25, -0.2) is 0 Å². The first-order chi connectivity index (χ1) is 7.41. The van der Waals surface area contributed by atoms with Gasteiger partial charge in [0.2, 0.25) is 0 Å². The number of hydrogen-bond donors (Lipinski definition) is 0. The summed E-state index contributed by atoms with van der Waals surface area (Å²) in [7, 11) is 9.07. The van der Waals surface area contributed by atoms with E-state index in [2.05, 4.69) is 46.9 Å². The molecule has 0 rings (SSSR count). The molecule has 0 heterocycles. The second-order valence-electron chi connectivity index (χ2n) is 6.06. The Morgan fingerprint density at radius 3 is 2.12 bits per heavy atom. The van der Waals surface area contributed by atoms with E-state index in [1.54, 1.807) is 0 Å². The first-order valence-electron chi connectivity index (χ1n) is 6.88. The van der Waals surface area contributed by atoms with Crippen LogP contribution in [0.3, 0.4) is 0 Å². The fraction of sp³-hybridized carbons (Fsp3) is 1.00. The van der Waals surface area contributed by atoms with E-state index in [0.29, 0.717) is 0 Å². The summed E-state index contributed by atoms with van der Waals surface area (Å²) >= 11 is 0. The Balaban J connectivity index is 0. The monoisotopic (exact) mass is 264 g/mol. The van der Waals surface area contributed by atoms with Crippen LogP contribution >= 0.6 is 0 Å². The molecule has 0 aliphatic rings. The van der Waals surface area contributed by atoms with Crippen molar-refractivity contribution >= 4 is 0 Å². The highest BCUT2D eigenvalue weighted by atomic mass is 35.5. The summed E-state index contributed by atoms with van der Waals surface area (Å²) in [4.78, 5) is 2.28. The number of likely N-dealkylation sites (N-methyl/N-ethyl adjacent to an activating group) is 2. The number of nitrogens with zero attached hydrogens (tertiary/aromatic N) is 2. The minimum absolute atomic E-state index is 0. The van der Waals surface area contributed by atoms with Gasteiger partial charge in [0.15, 0.2) is 0 Å². The Bertz CT molecular complexity index is 170. The Labute approximate surface area is 115 Å². The van der Waals surface area contributed by atoms with Crippen LogP contribution in [0.1, 0.15) is 39.5 Å². The first kappa shape index (κ1) is 19.5. The van der Waals surface area contributed by atoms with E-state index in [9.17, 15) is 0 Å². The molecule has 0 aliphatic carbocycles. The molecule has 106 valence electrons. The number of rotatable bonds is 9. The van der Waals surface area contributed by atoms with Gasteiger partial charge in [0, 0.05) is 12.5 Å². The Hall–Kier alpha value is 0.210. The molecule has 1 unspecified atom stereocenters. The average Bonchev–Trinajstić information content (AvgIpc) is 2.21. The van der Waals surface area contributed by atoms with E-state index in [1.807, 2.05) is 0 Å². The molecule has 0 fully saturated rings. The summed E-state index contributed by atoms with van der Waals surface area (Å²) in [5.74, 6) is 0.914. The molecule has 0 aromatic heterocycles. The summed E-state index contributed by atoms with van der Waals surface area (Å²) in [6, 6.07) is 0. The zero-order chi connectivity index (χ0) is 12.6. The smallest absolute Gasteiger partial charge is 0.0911 e. The maximum Gasteiger partial charge on any atom is 0.0911 e. The van der Waals surface area contributed by atoms with Crippen molar-refractivity contribution in [2.24, 2.45) is 5.92 Å². The molecule has 0 N–H and O–H groups in total. The minimum atomic E-state index is 0. The standard InChI is InChI=1S/C14H33N2.ClH/c1-7-9-10-14(8-2)13-16(5,6)12-11-15(3)4;/h14H,7-13H2,1-6H3;1H/q+1;/p-1. The second kappa shape index (κ2) is 10.2. The largest absolute Gasteiger partial charge is 1.00 e. The van der Waals surface area contributed by atoms with E-state index in [1.165, 1.54) is 49.8 Å². The van der Waals surface area contributed by atoms with Crippen LogP contribution in [0.5, 0.6) is 0 Å². The Morgan fingerprint density at radius 2 is 1.71 bits per heavy atom. The first-order valence-corrected chi connectivity index (χ1v) is 6.88. The molecule has 0 aromatic rings. The van der Waals surface area contributed by atoms with Crippen molar-refractivity contribution in [3.05, 3.63) is 0 Å². The summed E-state index contributed by atoms with van der Waals surface area (Å²) in [5.41, 5.74) is 0. The van der Waals surface area contributed by atoms with Crippen molar-refractivity contribution in [2.45, 2.75) is 39.5 Å². The van der Waals surface area contributed by atoms with Crippen molar-refractivity contribution in [1.82, 2.24) is 4.90 Å². The molecule has 0 aliphatic heterocycles. The van der Waals surface area contributed by atoms with Crippen LogP contribution in [-0.2, 0) is 0 Å². The molecule has 0 saturated heterocycles. The lowest BCUT2D eigenvalue weighted by atomic mass is 9.98. The lowest BCUT2D eigenvalue weighted by Gasteiger charge is -2.34. The van der Waals surface area contributed by atoms with Gasteiger partial charge in [-0.15, -0.1) is 0 Å². The van der Waals surface area contributed by atoms with Crippen LogP contribution < -0.4 is 12.4 Å². The van der Waals surface area contributed by atoms with Crippen LogP contribution in [-0.4, -0.2) is 57.2 Å². The molecule has 0 saturated carbocycles. The lowest BCUT2D eigenvalue weighted by molar-refractivity contribution is -0.893. The van der Waals surface area contributed by atoms with Crippen LogP contribution in [0.25, 0.3) is 0 Å². The van der Waals surface area contributed by atoms with Gasteiger partial charge in [0.1, 0.15) is 0 Å². The van der Waals surface area contributed by atoms with Crippen LogP contribution in [0.15, 0.2) is 0 Å². The number of hydrogen-bond acceptors (Lipinski definition) is 1. The molecule has 0 bridgehead atoms. The Kier molecular flexibility index (Phi) is 11.7. The molecular formula is C14H33ClN2. The van der Waals surface area contributed by atoms with Crippen LogP contribution in [0, 0.1) is 5.92 Å². The Morgan fingerprint density at radius 1 is 1.12 bits per heavy atom. The fourth-order valence-electron chi connectivity index (χ4n) is 2.18. The molecule has 0 aromatic carbocycles. The number of halogens is 1. The predicted molar refractivity (Wildman–Crippen MR) is 73.7 cm³/mol. The SMILES string of the molecule is CCCCC(CC)C[N+](C)(C)CCN(C)C.[Cl-]. The van der Waals surface area contributed by atoms with Crippen molar-refractivity contribution in [1.29, 1.82) is 0 Å². The van der Waals surface area contributed by atoms with Crippen molar-refractivity contribution in [3.8, 4) is 0 Å². The van der Waals surface area contributed by atoms with Gasteiger partial charge >= 0.3 is 0 Å². The molecule has 3 heteroatoms. The maximum atomic E-state index is 2.37. The minimum Gasteiger partial charge on any atom is -1.00 e. The topological polar surface area (TPSA) is 3.24 Å². The second-order valence-corrected chi connectivity index (χ2v) is 6.06. The van der Waals surface area contributed by atoms with Crippen molar-refractivity contribution < 1.29 is 16.9 Å². The van der Waals surface area contributed by atoms with Gasteiger partial charge in [0.25, 0.3) is 0 Å². The van der Waals surface area contributed by atoms with Gasteiger partial charge in [-0.2, -0.15) is 0 Å². The van der Waals surface area contributed by atoms with Crippen LogP contribution in [0.2, 0.25) is 0 Å². The predicted octanol–water partition coefficient (Wildman–Crippen LogP) is -0.155. The maximum absolute atomic E-state index is 2.37. The quantitative estimate of drug-likeness (QED) is 0.524. The summed E-state index contributed by atoms with van der Waals surface area (Å²) in [5, 5.41) is 0. The van der Waals surface area contributed by atoms with Crippen LogP contribution in [0.4, 0.5) is 0 Å². The highest BCUT2D eigenvalue weighted by Crippen LogP contribution is 2.16. The third kappa shape index (κ3) is 11.1. The highest BCUT2D eigenvalue weighted by Gasteiger charge is 2.20. The van der Waals surface area contributed by atoms with E-state index >= 15 is 0 Å². The molecule has 1 atom stereocenters. The fourth-order valence-corrected chi connectivity index (χ4v) is 2.18. The van der Waals surface area contributed by atoms with Gasteiger partial charge in [-0.3, -0.25) is 0 Å². The zero-order valence-electron chi connectivity index (χ0n) is 12.8. The lowest BCUT2D eigenvalue weighted by Crippen LogP contribution is -3.00. The molecule has 0 spiro atoms. The molecular weight excluding hydrogens is 232 g/mol. The zero-order valence-corrected chi connectivity index (χ0v) is 13.6. The average molecular weight is 265 g/mol. The van der Waals surface area contributed by atoms with Gasteiger partial charge < -0.3 is 21.8 Å². The molecule has 0 radical (unpaired) electrons.